The fourth-order valence-electron chi connectivity index (χ4n) is 2.42. The van der Waals surface area contributed by atoms with E-state index in [2.05, 4.69) is 25.5 Å². The Kier molecular flexibility index (Phi) is 8.48. The van der Waals surface area contributed by atoms with E-state index in [1.807, 2.05) is 0 Å². The second kappa shape index (κ2) is 10.7. The first-order chi connectivity index (χ1) is 15.0. The molecule has 3 N–H and O–H groups in total. The molecule has 0 aliphatic carbocycles. The first-order valence-corrected chi connectivity index (χ1v) is 11.6. The number of β-lactam (4-membered cyclic amide) rings is 1. The van der Waals surface area contributed by atoms with Gasteiger partial charge in [0.05, 0.1) is 7.11 Å². The molecule has 0 spiro atoms. The summed E-state index contributed by atoms with van der Waals surface area (Å²) in [6.07, 6.45) is 0.557. The zero-order valence-corrected chi connectivity index (χ0v) is 19.0. The zero-order chi connectivity index (χ0) is 24.1. The Labute approximate surface area is 190 Å². The van der Waals surface area contributed by atoms with Crippen LogP contribution in [0.5, 0.6) is 0 Å². The molecule has 0 radical (unpaired) electrons. The van der Waals surface area contributed by atoms with Gasteiger partial charge in [0.2, 0.25) is 5.91 Å². The number of alkyl halides is 1. The molecule has 0 unspecified atom stereocenters. The number of methoxy groups -OCH3 is 1. The van der Waals surface area contributed by atoms with E-state index in [1.54, 1.807) is 6.92 Å². The van der Waals surface area contributed by atoms with Crippen molar-refractivity contribution < 1.29 is 41.7 Å². The lowest BCUT2D eigenvalue weighted by Gasteiger charge is -2.41. The van der Waals surface area contributed by atoms with Crippen molar-refractivity contribution >= 4 is 67.8 Å². The van der Waals surface area contributed by atoms with Crippen LogP contribution in [0, 0.1) is 0 Å². The number of hydrogen-bond donors (Lipinski definition) is 3. The van der Waals surface area contributed by atoms with Crippen LogP contribution in [0.3, 0.4) is 0 Å². The molecule has 32 heavy (non-hydrogen) atoms. The predicted molar refractivity (Wildman–Crippen MR) is 110 cm³/mol. The van der Waals surface area contributed by atoms with Gasteiger partial charge in [0.25, 0.3) is 11.8 Å². The van der Waals surface area contributed by atoms with E-state index in [9.17, 15) is 27.6 Å². The lowest BCUT2D eigenvalue weighted by Crippen LogP contribution is -2.74. The van der Waals surface area contributed by atoms with Crippen molar-refractivity contribution in [3.8, 4) is 0 Å². The van der Waals surface area contributed by atoms with Crippen molar-refractivity contribution in [3.63, 3.8) is 0 Å². The first-order valence-electron chi connectivity index (χ1n) is 8.76. The SMILES string of the molecule is CCCON=C(C(=O)N[C@H]1C(=O)N(S(=O)(=O)O)[C@H]1C(=O)OC)c1csc(NC(=O)CCl)n1. The molecule has 1 aliphatic heterocycles. The molecular formula is C15H18ClN5O9S2. The number of carbonyl (C=O) groups is 4. The number of halogens is 1. The molecule has 1 aliphatic rings. The molecule has 1 saturated heterocycles. The Morgan fingerprint density at radius 2 is 2.09 bits per heavy atom. The topological polar surface area (TPSA) is 194 Å². The summed E-state index contributed by atoms with van der Waals surface area (Å²) in [6, 6.07) is -3.49. The molecule has 1 aromatic rings. The number of aromatic nitrogens is 1. The standard InChI is InChI=1S/C15H18ClN5O9S2/c1-3-4-30-20-9(7-6-31-15(17-7)18-8(22)5-16)12(23)19-10-11(14(25)29-2)21(13(10)24)32(26,27)28/h6,10-11H,3-5H2,1-2H3,(H,19,23)(H,17,18,22)(H,26,27,28)/t10-,11-/m1/s1. The minimum atomic E-state index is -5.07. The van der Waals surface area contributed by atoms with Crippen LogP contribution in [0.25, 0.3) is 0 Å². The van der Waals surface area contributed by atoms with Crippen molar-refractivity contribution in [1.82, 2.24) is 14.6 Å². The number of nitrogens with one attached hydrogen (secondary N) is 2. The second-order valence-corrected chi connectivity index (χ2v) is 8.44. The van der Waals surface area contributed by atoms with Crippen LogP contribution in [0.15, 0.2) is 10.5 Å². The van der Waals surface area contributed by atoms with Crippen LogP contribution in [0.4, 0.5) is 5.13 Å². The molecule has 2 rings (SSSR count). The predicted octanol–water partition coefficient (Wildman–Crippen LogP) is -0.877. The normalized spacial score (nSPS) is 18.6. The fourth-order valence-corrected chi connectivity index (χ4v) is 4.04. The minimum Gasteiger partial charge on any atom is -0.467 e. The number of esters is 1. The number of hydrogen-bond acceptors (Lipinski definition) is 11. The number of amides is 3. The number of rotatable bonds is 10. The summed E-state index contributed by atoms with van der Waals surface area (Å²) in [6.45, 7) is 1.93. The monoisotopic (exact) mass is 511 g/mol. The summed E-state index contributed by atoms with van der Waals surface area (Å²) in [5.41, 5.74) is -0.454. The van der Waals surface area contributed by atoms with Crippen LogP contribution >= 0.6 is 22.9 Å². The summed E-state index contributed by atoms with van der Waals surface area (Å²) in [4.78, 5) is 57.3. The Balaban J connectivity index is 2.29. The molecule has 17 heteroatoms. The van der Waals surface area contributed by atoms with Crippen LogP contribution in [-0.4, -0.2) is 83.3 Å². The Bertz CT molecular complexity index is 1040. The molecule has 3 amide bonds. The van der Waals surface area contributed by atoms with Gasteiger partial charge in [-0.2, -0.15) is 12.7 Å². The van der Waals surface area contributed by atoms with Gasteiger partial charge in [0.1, 0.15) is 24.2 Å². The van der Waals surface area contributed by atoms with E-state index in [0.717, 1.165) is 18.4 Å². The number of carbonyl (C=O) groups excluding carboxylic acids is 4. The molecule has 1 fully saturated rings. The van der Waals surface area contributed by atoms with Gasteiger partial charge >= 0.3 is 16.3 Å². The maximum absolute atomic E-state index is 12.8. The summed E-state index contributed by atoms with van der Waals surface area (Å²) in [5, 5.41) is 9.71. The first kappa shape index (κ1) is 25.4. The molecule has 2 heterocycles. The van der Waals surface area contributed by atoms with E-state index in [1.165, 1.54) is 5.38 Å². The molecule has 0 bridgehead atoms. The maximum Gasteiger partial charge on any atom is 0.363 e. The zero-order valence-electron chi connectivity index (χ0n) is 16.6. The largest absolute Gasteiger partial charge is 0.467 e. The highest BCUT2D eigenvalue weighted by molar-refractivity contribution is 7.84. The fraction of sp³-hybridized carbons (Fsp3) is 0.467. The molecule has 0 aromatic carbocycles. The third kappa shape index (κ3) is 5.70. The van der Waals surface area contributed by atoms with E-state index in [0.29, 0.717) is 6.42 Å². The molecular weight excluding hydrogens is 494 g/mol. The van der Waals surface area contributed by atoms with Gasteiger partial charge in [-0.25, -0.2) is 9.78 Å². The molecule has 2 atom stereocenters. The summed E-state index contributed by atoms with van der Waals surface area (Å²) >= 11 is 6.37. The lowest BCUT2D eigenvalue weighted by molar-refractivity contribution is -0.162. The number of thiazole rings is 1. The summed E-state index contributed by atoms with van der Waals surface area (Å²) < 4.78 is 36.2. The van der Waals surface area contributed by atoms with Gasteiger partial charge in [-0.05, 0) is 6.42 Å². The smallest absolute Gasteiger partial charge is 0.363 e. The third-order valence-electron chi connectivity index (χ3n) is 3.81. The van der Waals surface area contributed by atoms with E-state index >= 15 is 0 Å². The van der Waals surface area contributed by atoms with Crippen LogP contribution < -0.4 is 10.6 Å². The minimum absolute atomic E-state index is 0.0403. The van der Waals surface area contributed by atoms with Crippen LogP contribution in [-0.2, 0) is 39.1 Å². The van der Waals surface area contributed by atoms with Crippen molar-refractivity contribution in [3.05, 3.63) is 11.1 Å². The Hall–Kier alpha value is -2.82. The van der Waals surface area contributed by atoms with Crippen LogP contribution in [0.1, 0.15) is 19.0 Å². The van der Waals surface area contributed by atoms with Gasteiger partial charge in [-0.1, -0.05) is 12.1 Å². The third-order valence-corrected chi connectivity index (χ3v) is 5.72. The Morgan fingerprint density at radius 3 is 2.66 bits per heavy atom. The summed E-state index contributed by atoms with van der Waals surface area (Å²) in [5.74, 6) is -4.35. The maximum atomic E-state index is 12.8. The van der Waals surface area contributed by atoms with Crippen LogP contribution in [0.2, 0.25) is 0 Å². The van der Waals surface area contributed by atoms with E-state index in [4.69, 9.17) is 21.0 Å². The highest BCUT2D eigenvalue weighted by Gasteiger charge is 2.58. The number of nitrogens with zero attached hydrogens (tertiary/aromatic N) is 3. The van der Waals surface area contributed by atoms with Gasteiger partial charge in [-0.15, -0.1) is 22.9 Å². The number of oxime groups is 1. The van der Waals surface area contributed by atoms with Gasteiger partial charge in [0.15, 0.2) is 16.9 Å². The average molecular weight is 512 g/mol. The second-order valence-electron chi connectivity index (χ2n) is 6.02. The quantitative estimate of drug-likeness (QED) is 0.0675. The van der Waals surface area contributed by atoms with Crippen molar-refractivity contribution in [2.45, 2.75) is 25.4 Å². The molecule has 14 nitrogen and oxygen atoms in total. The highest BCUT2D eigenvalue weighted by Crippen LogP contribution is 2.25. The number of ether oxygens (including phenoxy) is 1. The van der Waals surface area contributed by atoms with E-state index < -0.39 is 51.8 Å². The van der Waals surface area contributed by atoms with Crippen molar-refractivity contribution in [2.75, 3.05) is 24.9 Å². The molecule has 0 saturated carbocycles. The van der Waals surface area contributed by atoms with Crippen molar-refractivity contribution in [2.24, 2.45) is 5.16 Å². The van der Waals surface area contributed by atoms with E-state index in [-0.39, 0.29) is 27.6 Å². The van der Waals surface area contributed by atoms with Gasteiger partial charge < -0.3 is 20.2 Å². The number of anilines is 1. The highest BCUT2D eigenvalue weighted by atomic mass is 35.5. The van der Waals surface area contributed by atoms with Gasteiger partial charge in [-0.3, -0.25) is 18.9 Å². The average Bonchev–Trinajstić information content (AvgIpc) is 3.19. The molecule has 176 valence electrons. The lowest BCUT2D eigenvalue weighted by atomic mass is 9.98. The Morgan fingerprint density at radius 1 is 1.41 bits per heavy atom. The molecule has 1 aromatic heterocycles. The summed E-state index contributed by atoms with van der Waals surface area (Å²) in [7, 11) is -4.14. The van der Waals surface area contributed by atoms with Gasteiger partial charge in [0, 0.05) is 5.38 Å². The van der Waals surface area contributed by atoms with Crippen molar-refractivity contribution in [1.29, 1.82) is 0 Å².